The van der Waals surface area contributed by atoms with Gasteiger partial charge in [0.1, 0.15) is 0 Å². The van der Waals surface area contributed by atoms with Crippen LogP contribution in [0.2, 0.25) is 0 Å². The zero-order valence-electron chi connectivity index (χ0n) is 17.6. The molecule has 1 aliphatic rings. The van der Waals surface area contributed by atoms with E-state index in [-0.39, 0.29) is 5.56 Å². The van der Waals surface area contributed by atoms with Gasteiger partial charge in [-0.1, -0.05) is 67.8 Å². The van der Waals surface area contributed by atoms with Crippen molar-refractivity contribution in [1.82, 2.24) is 14.3 Å². The van der Waals surface area contributed by atoms with Gasteiger partial charge in [-0.15, -0.1) is 0 Å². The number of H-pyrrole nitrogens is 1. The van der Waals surface area contributed by atoms with Crippen molar-refractivity contribution in [3.8, 4) is 0 Å². The van der Waals surface area contributed by atoms with Gasteiger partial charge in [-0.3, -0.25) is 9.89 Å². The molecule has 2 aromatic heterocycles. The number of nitrogens with zero attached hydrogens (tertiary/aromatic N) is 2. The number of para-hydroxylation sites is 1. The highest BCUT2D eigenvalue weighted by molar-refractivity contribution is 5.86. The van der Waals surface area contributed by atoms with Crippen LogP contribution >= 0.6 is 0 Å². The molecular formula is C26H29N3O. The van der Waals surface area contributed by atoms with E-state index in [0.29, 0.717) is 6.04 Å². The van der Waals surface area contributed by atoms with Gasteiger partial charge in [0.25, 0.3) is 5.56 Å². The summed E-state index contributed by atoms with van der Waals surface area (Å²) in [6.45, 7) is 3.06. The fourth-order valence-electron chi connectivity index (χ4n) is 5.05. The lowest BCUT2D eigenvalue weighted by atomic mass is 9.96. The molecule has 1 N–H and O–H groups in total. The van der Waals surface area contributed by atoms with E-state index >= 15 is 0 Å². The fourth-order valence-corrected chi connectivity index (χ4v) is 5.05. The molecule has 0 bridgehead atoms. The van der Waals surface area contributed by atoms with E-state index in [2.05, 4.69) is 71.2 Å². The number of benzene rings is 2. The van der Waals surface area contributed by atoms with Crippen LogP contribution in [0.25, 0.3) is 10.9 Å². The number of hydrogen-bond acceptors (Lipinski definition) is 1. The van der Waals surface area contributed by atoms with Crippen LogP contribution in [0.15, 0.2) is 65.5 Å². The summed E-state index contributed by atoms with van der Waals surface area (Å²) in [5.41, 5.74) is 6.25. The Labute approximate surface area is 177 Å². The van der Waals surface area contributed by atoms with Gasteiger partial charge in [0, 0.05) is 41.3 Å². The van der Waals surface area contributed by atoms with Gasteiger partial charge >= 0.3 is 0 Å². The Bertz CT molecular complexity index is 1210. The monoisotopic (exact) mass is 399 g/mol. The predicted molar refractivity (Wildman–Crippen MR) is 122 cm³/mol. The molecule has 0 unspecified atom stereocenters. The number of aromatic amines is 1. The molecule has 1 aliphatic carbocycles. The van der Waals surface area contributed by atoms with Gasteiger partial charge in [0.15, 0.2) is 0 Å². The topological polar surface area (TPSA) is 42.7 Å². The van der Waals surface area contributed by atoms with E-state index in [9.17, 15) is 4.79 Å². The van der Waals surface area contributed by atoms with E-state index < -0.39 is 0 Å². The maximum atomic E-state index is 12.7. The maximum absolute atomic E-state index is 12.7. The number of fused-ring (bicyclic) bond motifs is 1. The fraction of sp³-hybridized carbons (Fsp3) is 0.346. The summed E-state index contributed by atoms with van der Waals surface area (Å²) in [4.78, 5) is 12.7. The number of hydrogen-bond donors (Lipinski definition) is 1. The third-order valence-electron chi connectivity index (χ3n) is 6.65. The molecule has 4 nitrogen and oxygen atoms in total. The minimum absolute atomic E-state index is 0.113. The molecular weight excluding hydrogens is 370 g/mol. The average Bonchev–Trinajstić information content (AvgIpc) is 3.28. The molecule has 0 amide bonds. The first-order valence-electron chi connectivity index (χ1n) is 11.1. The Balaban J connectivity index is 1.51. The van der Waals surface area contributed by atoms with Gasteiger partial charge in [-0.05, 0) is 37.0 Å². The second kappa shape index (κ2) is 8.02. The van der Waals surface area contributed by atoms with E-state index in [4.69, 9.17) is 0 Å². The van der Waals surface area contributed by atoms with Gasteiger partial charge in [0.05, 0.1) is 6.04 Å². The van der Waals surface area contributed by atoms with Gasteiger partial charge < -0.3 is 4.57 Å². The first kappa shape index (κ1) is 19.0. The molecule has 1 saturated carbocycles. The van der Waals surface area contributed by atoms with Crippen LogP contribution in [0.3, 0.4) is 0 Å². The Morgan fingerprint density at radius 3 is 2.50 bits per heavy atom. The lowest BCUT2D eigenvalue weighted by Crippen LogP contribution is -2.23. The second-order valence-electron chi connectivity index (χ2n) is 8.61. The summed E-state index contributed by atoms with van der Waals surface area (Å²) < 4.78 is 4.28. The Morgan fingerprint density at radius 2 is 1.70 bits per heavy atom. The molecule has 2 heterocycles. The normalized spacial score (nSPS) is 15.1. The third kappa shape index (κ3) is 3.51. The molecule has 0 atom stereocenters. The molecule has 1 fully saturated rings. The van der Waals surface area contributed by atoms with Gasteiger partial charge in [0.2, 0.25) is 0 Å². The molecule has 2 aromatic carbocycles. The van der Waals surface area contributed by atoms with Crippen LogP contribution in [0.4, 0.5) is 0 Å². The van der Waals surface area contributed by atoms with Crippen LogP contribution in [-0.4, -0.2) is 14.3 Å². The SMILES string of the molecule is Cc1c(Cc2cc(=O)n(C3CCCCC3)[nH]2)c2ccccc2n1Cc1ccccc1. The van der Waals surface area contributed by atoms with Crippen LogP contribution in [0.1, 0.15) is 60.7 Å². The highest BCUT2D eigenvalue weighted by Crippen LogP contribution is 2.29. The predicted octanol–water partition coefficient (Wildman–Crippen LogP) is 5.58. The number of nitrogens with one attached hydrogen (secondary N) is 1. The first-order chi connectivity index (χ1) is 14.7. The molecule has 4 aromatic rings. The summed E-state index contributed by atoms with van der Waals surface area (Å²) in [7, 11) is 0. The summed E-state index contributed by atoms with van der Waals surface area (Å²) in [6, 6.07) is 21.3. The standard InChI is InChI=1S/C26H29N3O/c1-19-24(16-21-17-26(30)29(27-21)22-12-6-3-7-13-22)23-14-8-9-15-25(23)28(19)18-20-10-4-2-5-11-20/h2,4-5,8-11,14-15,17,22,27H,3,6-7,12-13,16,18H2,1H3. The number of aromatic nitrogens is 3. The van der Waals surface area contributed by atoms with Crippen LogP contribution in [0.5, 0.6) is 0 Å². The lowest BCUT2D eigenvalue weighted by molar-refractivity contribution is 0.322. The smallest absolute Gasteiger partial charge is 0.266 e. The Morgan fingerprint density at radius 1 is 0.967 bits per heavy atom. The van der Waals surface area contributed by atoms with Crippen molar-refractivity contribution < 1.29 is 0 Å². The zero-order valence-corrected chi connectivity index (χ0v) is 17.6. The zero-order chi connectivity index (χ0) is 20.5. The second-order valence-corrected chi connectivity index (χ2v) is 8.61. The van der Waals surface area contributed by atoms with E-state index in [1.165, 1.54) is 47.0 Å². The van der Waals surface area contributed by atoms with E-state index in [1.54, 1.807) is 6.07 Å². The van der Waals surface area contributed by atoms with Gasteiger partial charge in [-0.2, -0.15) is 0 Å². The molecule has 0 spiro atoms. The maximum Gasteiger partial charge on any atom is 0.266 e. The van der Waals surface area contributed by atoms with Crippen LogP contribution in [-0.2, 0) is 13.0 Å². The third-order valence-corrected chi connectivity index (χ3v) is 6.65. The largest absolute Gasteiger partial charge is 0.340 e. The number of rotatable bonds is 5. The Hall–Kier alpha value is -3.01. The lowest BCUT2D eigenvalue weighted by Gasteiger charge is -2.22. The minimum Gasteiger partial charge on any atom is -0.340 e. The van der Waals surface area contributed by atoms with Crippen molar-refractivity contribution in [2.45, 2.75) is 58.0 Å². The summed E-state index contributed by atoms with van der Waals surface area (Å²) in [6.07, 6.45) is 6.70. The molecule has 154 valence electrons. The highest BCUT2D eigenvalue weighted by Gasteiger charge is 2.20. The molecule has 0 saturated heterocycles. The molecule has 0 aliphatic heterocycles. The van der Waals surface area contributed by atoms with E-state index in [1.807, 2.05) is 4.68 Å². The molecule has 0 radical (unpaired) electrons. The quantitative estimate of drug-likeness (QED) is 0.467. The van der Waals surface area contributed by atoms with Crippen molar-refractivity contribution in [3.05, 3.63) is 93.5 Å². The molecule has 5 rings (SSSR count). The van der Waals surface area contributed by atoms with E-state index in [0.717, 1.165) is 31.5 Å². The van der Waals surface area contributed by atoms with Crippen molar-refractivity contribution in [2.75, 3.05) is 0 Å². The first-order valence-corrected chi connectivity index (χ1v) is 11.1. The summed E-state index contributed by atoms with van der Waals surface area (Å²) in [5.74, 6) is 0. The van der Waals surface area contributed by atoms with Crippen molar-refractivity contribution in [3.63, 3.8) is 0 Å². The molecule has 30 heavy (non-hydrogen) atoms. The minimum atomic E-state index is 0.113. The highest BCUT2D eigenvalue weighted by atomic mass is 16.1. The van der Waals surface area contributed by atoms with Crippen LogP contribution in [0, 0.1) is 6.92 Å². The Kier molecular flexibility index (Phi) is 5.07. The van der Waals surface area contributed by atoms with Crippen molar-refractivity contribution in [2.24, 2.45) is 0 Å². The van der Waals surface area contributed by atoms with Crippen molar-refractivity contribution >= 4 is 10.9 Å². The van der Waals surface area contributed by atoms with Crippen molar-refractivity contribution in [1.29, 1.82) is 0 Å². The summed E-state index contributed by atoms with van der Waals surface area (Å²) in [5, 5.41) is 4.72. The van der Waals surface area contributed by atoms with Gasteiger partial charge in [-0.25, -0.2) is 4.68 Å². The summed E-state index contributed by atoms with van der Waals surface area (Å²) >= 11 is 0. The molecule has 4 heteroatoms. The average molecular weight is 400 g/mol. The van der Waals surface area contributed by atoms with Crippen LogP contribution < -0.4 is 5.56 Å².